The lowest BCUT2D eigenvalue weighted by Gasteiger charge is -2.29. The van der Waals surface area contributed by atoms with Crippen molar-refractivity contribution in [3.8, 4) is 24.0 Å². The quantitative estimate of drug-likeness (QED) is 0.367. The minimum atomic E-state index is -0.404. The minimum Gasteiger partial charge on any atom is -0.387 e. The van der Waals surface area contributed by atoms with Crippen LogP contribution in [-0.4, -0.2) is 0 Å². The number of nitrogens with zero attached hydrogens (tertiary/aromatic N) is 2. The number of rotatable bonds is 4. The lowest BCUT2D eigenvalue weighted by atomic mass is 9.78. The smallest absolute Gasteiger partial charge is 0.292 e. The van der Waals surface area contributed by atoms with Gasteiger partial charge in [-0.15, -0.1) is 10.5 Å². The molecule has 0 heterocycles. The first kappa shape index (κ1) is 20.3. The molecule has 0 amide bonds. The van der Waals surface area contributed by atoms with Crippen LogP contribution in [0.2, 0.25) is 0 Å². The normalized spacial score (nSPS) is 10.7. The van der Waals surface area contributed by atoms with Gasteiger partial charge in [-0.05, 0) is 87.0 Å². The van der Waals surface area contributed by atoms with Gasteiger partial charge in [0.25, 0.3) is 12.5 Å². The summed E-state index contributed by atoms with van der Waals surface area (Å²) >= 11 is 14.1. The zero-order valence-corrected chi connectivity index (χ0v) is 19.4. The Kier molecular flexibility index (Phi) is 6.56. The predicted octanol–water partition coefficient (Wildman–Crippen LogP) is 6.78. The molecule has 0 aliphatic heterocycles. The summed E-state index contributed by atoms with van der Waals surface area (Å²) < 4.78 is 12.8. The molecular weight excluding hydrogens is 584 g/mol. The highest BCUT2D eigenvalue weighted by molar-refractivity contribution is 9.13. The highest BCUT2D eigenvalue weighted by Gasteiger charge is 2.30. The van der Waals surface area contributed by atoms with Crippen LogP contribution in [0.4, 0.5) is 0 Å². The van der Waals surface area contributed by atoms with Crippen molar-refractivity contribution >= 4 is 63.7 Å². The summed E-state index contributed by atoms with van der Waals surface area (Å²) in [5.41, 5.74) is 1.58. The fourth-order valence-corrected chi connectivity index (χ4v) is 4.93. The van der Waals surface area contributed by atoms with Gasteiger partial charge >= 0.3 is 0 Å². The van der Waals surface area contributed by atoms with Crippen molar-refractivity contribution < 1.29 is 9.47 Å². The van der Waals surface area contributed by atoms with Crippen molar-refractivity contribution in [1.29, 1.82) is 10.5 Å². The van der Waals surface area contributed by atoms with E-state index >= 15 is 0 Å². The summed E-state index contributed by atoms with van der Waals surface area (Å²) in [6, 6.07) is 7.29. The van der Waals surface area contributed by atoms with Gasteiger partial charge in [0.2, 0.25) is 0 Å². The fourth-order valence-electron chi connectivity index (χ4n) is 2.43. The number of hydrogen-bond acceptors (Lipinski definition) is 4. The summed E-state index contributed by atoms with van der Waals surface area (Å²) in [7, 11) is 0. The molecule has 25 heavy (non-hydrogen) atoms. The van der Waals surface area contributed by atoms with Crippen LogP contribution in [0.3, 0.4) is 0 Å². The van der Waals surface area contributed by atoms with Gasteiger partial charge in [-0.25, -0.2) is 0 Å². The van der Waals surface area contributed by atoms with E-state index < -0.39 is 5.41 Å². The highest BCUT2D eigenvalue weighted by atomic mass is 79.9. The molecule has 0 bridgehead atoms. The van der Waals surface area contributed by atoms with E-state index in [0.717, 1.165) is 20.1 Å². The molecule has 0 saturated carbocycles. The molecule has 8 heteroatoms. The summed E-state index contributed by atoms with van der Waals surface area (Å²) in [5, 5.41) is 17.4. The Morgan fingerprint density at radius 2 is 1.08 bits per heavy atom. The molecule has 0 radical (unpaired) electrons. The summed E-state index contributed by atoms with van der Waals surface area (Å²) in [6.45, 7) is 4.14. The molecule has 0 spiro atoms. The predicted molar refractivity (Wildman–Crippen MR) is 108 cm³/mol. The molecule has 128 valence electrons. The van der Waals surface area contributed by atoms with Crippen molar-refractivity contribution in [2.75, 3.05) is 0 Å². The zero-order valence-electron chi connectivity index (χ0n) is 13.0. The molecule has 2 aromatic carbocycles. The minimum absolute atomic E-state index is 0.404. The molecule has 0 saturated heterocycles. The maximum Gasteiger partial charge on any atom is 0.292 e. The molecule has 0 aliphatic rings. The largest absolute Gasteiger partial charge is 0.387 e. The Labute approximate surface area is 179 Å². The standard InChI is InChI=1S/C17H10Br4N2O2/c1-17(2,9-3-5-11(24-7-22)15(20)13(9)18)10-4-6-12(25-8-23)16(21)14(10)19/h3-6H,1-2H3. The molecule has 0 N–H and O–H groups in total. The van der Waals surface area contributed by atoms with E-state index in [2.05, 4.69) is 77.6 Å². The number of nitriles is 2. The van der Waals surface area contributed by atoms with Crippen LogP contribution >= 0.6 is 63.7 Å². The first-order valence-electron chi connectivity index (χ1n) is 6.84. The molecule has 0 aromatic heterocycles. The van der Waals surface area contributed by atoms with Gasteiger partial charge in [-0.3, -0.25) is 0 Å². The third-order valence-corrected chi connectivity index (χ3v) is 8.04. The van der Waals surface area contributed by atoms with Crippen LogP contribution in [0, 0.1) is 23.0 Å². The molecule has 0 fully saturated rings. The second kappa shape index (κ2) is 8.09. The van der Waals surface area contributed by atoms with Crippen molar-refractivity contribution in [3.63, 3.8) is 0 Å². The monoisotopic (exact) mass is 590 g/mol. The van der Waals surface area contributed by atoms with Crippen molar-refractivity contribution in [3.05, 3.63) is 53.3 Å². The van der Waals surface area contributed by atoms with E-state index in [9.17, 15) is 0 Å². The average molecular weight is 594 g/mol. The fraction of sp³-hybridized carbons (Fsp3) is 0.176. The third kappa shape index (κ3) is 3.88. The van der Waals surface area contributed by atoms with Crippen LogP contribution in [0.1, 0.15) is 25.0 Å². The summed E-state index contributed by atoms with van der Waals surface area (Å²) in [5.74, 6) is 0.874. The van der Waals surface area contributed by atoms with Gasteiger partial charge in [0.15, 0.2) is 11.5 Å². The van der Waals surface area contributed by atoms with Crippen LogP contribution in [0.15, 0.2) is 42.2 Å². The van der Waals surface area contributed by atoms with E-state index in [0.29, 0.717) is 20.4 Å². The topological polar surface area (TPSA) is 66.0 Å². The zero-order chi connectivity index (χ0) is 18.8. The van der Waals surface area contributed by atoms with Crippen molar-refractivity contribution in [2.24, 2.45) is 0 Å². The van der Waals surface area contributed by atoms with Gasteiger partial charge in [-0.2, -0.15) is 0 Å². The van der Waals surface area contributed by atoms with Crippen molar-refractivity contribution in [1.82, 2.24) is 0 Å². The number of halogens is 4. The van der Waals surface area contributed by atoms with Crippen molar-refractivity contribution in [2.45, 2.75) is 19.3 Å². The molecule has 4 nitrogen and oxygen atoms in total. The van der Waals surface area contributed by atoms with Gasteiger partial charge < -0.3 is 9.47 Å². The Morgan fingerprint density at radius 3 is 1.40 bits per heavy atom. The Balaban J connectivity index is 2.61. The Bertz CT molecular complexity index is 841. The first-order valence-corrected chi connectivity index (χ1v) is 10.0. The van der Waals surface area contributed by atoms with Gasteiger partial charge in [0.1, 0.15) is 0 Å². The average Bonchev–Trinajstić information content (AvgIpc) is 2.56. The Hall–Kier alpha value is -1.06. The number of benzene rings is 2. The van der Waals surface area contributed by atoms with Crippen LogP contribution in [0.25, 0.3) is 0 Å². The van der Waals surface area contributed by atoms with E-state index in [-0.39, 0.29) is 0 Å². The maximum atomic E-state index is 8.72. The van der Waals surface area contributed by atoms with Crippen LogP contribution in [-0.2, 0) is 5.41 Å². The highest BCUT2D eigenvalue weighted by Crippen LogP contribution is 2.47. The Morgan fingerprint density at radius 1 is 0.720 bits per heavy atom. The molecule has 2 rings (SSSR count). The molecule has 0 atom stereocenters. The van der Waals surface area contributed by atoms with Crippen LogP contribution < -0.4 is 9.47 Å². The van der Waals surface area contributed by atoms with E-state index in [1.807, 2.05) is 12.1 Å². The van der Waals surface area contributed by atoms with Gasteiger partial charge in [0.05, 0.1) is 8.95 Å². The number of hydrogen-bond donors (Lipinski definition) is 0. The SMILES string of the molecule is CC(C)(c1ccc(OC#N)c(Br)c1Br)c1ccc(OC#N)c(Br)c1Br. The van der Waals surface area contributed by atoms with Gasteiger partial charge in [0, 0.05) is 14.4 Å². The maximum absolute atomic E-state index is 8.72. The molecule has 0 aliphatic carbocycles. The lowest BCUT2D eigenvalue weighted by Crippen LogP contribution is -2.20. The third-order valence-electron chi connectivity index (χ3n) is 3.75. The second-order valence-electron chi connectivity index (χ2n) is 5.49. The number of ether oxygens (including phenoxy) is 2. The first-order chi connectivity index (χ1) is 11.8. The van der Waals surface area contributed by atoms with Crippen LogP contribution in [0.5, 0.6) is 11.5 Å². The lowest BCUT2D eigenvalue weighted by molar-refractivity contribution is 0.500. The second-order valence-corrected chi connectivity index (χ2v) is 8.66. The summed E-state index contributed by atoms with van der Waals surface area (Å²) in [4.78, 5) is 0. The van der Waals surface area contributed by atoms with E-state index in [1.165, 1.54) is 0 Å². The molecule has 2 aromatic rings. The van der Waals surface area contributed by atoms with E-state index in [1.54, 1.807) is 24.6 Å². The van der Waals surface area contributed by atoms with Gasteiger partial charge in [-0.1, -0.05) is 26.0 Å². The van der Waals surface area contributed by atoms with E-state index in [4.69, 9.17) is 20.0 Å². The molecular formula is C17H10Br4N2O2. The summed E-state index contributed by atoms with van der Waals surface area (Å²) in [6.07, 6.45) is 3.34. The molecule has 0 unspecified atom stereocenters.